The third-order valence-corrected chi connectivity index (χ3v) is 4.27. The third kappa shape index (κ3) is 2.47. The number of benzene rings is 1. The molecule has 1 aromatic rings. The fourth-order valence-corrected chi connectivity index (χ4v) is 3.40. The highest BCUT2D eigenvalue weighted by Gasteiger charge is 2.36. The van der Waals surface area contributed by atoms with E-state index in [0.717, 1.165) is 18.5 Å². The van der Waals surface area contributed by atoms with E-state index in [4.69, 9.17) is 0 Å². The van der Waals surface area contributed by atoms with Gasteiger partial charge in [-0.25, -0.2) is 0 Å². The number of anilines is 1. The highest BCUT2D eigenvalue weighted by Crippen LogP contribution is 2.36. The van der Waals surface area contributed by atoms with Crippen molar-refractivity contribution in [2.24, 2.45) is 5.92 Å². The summed E-state index contributed by atoms with van der Waals surface area (Å²) in [5.74, 6) is 1.01. The van der Waals surface area contributed by atoms with Crippen molar-refractivity contribution in [2.75, 3.05) is 25.0 Å². The molecule has 1 aliphatic heterocycles. The van der Waals surface area contributed by atoms with Crippen molar-refractivity contribution in [3.63, 3.8) is 0 Å². The van der Waals surface area contributed by atoms with E-state index in [0.29, 0.717) is 0 Å². The molecule has 0 amide bonds. The molecule has 0 spiro atoms. The van der Waals surface area contributed by atoms with E-state index in [-0.39, 0.29) is 0 Å². The van der Waals surface area contributed by atoms with Crippen molar-refractivity contribution in [3.05, 3.63) is 29.8 Å². The molecule has 1 aliphatic carbocycles. The number of hydrogen-bond donors (Lipinski definition) is 1. The minimum Gasteiger partial charge on any atom is -0.384 e. The number of nitrogens with one attached hydrogen (secondary N) is 1. The smallest absolute Gasteiger partial charge is 0.0343 e. The quantitative estimate of drug-likeness (QED) is 0.855. The Morgan fingerprint density at radius 1 is 1.35 bits per heavy atom. The second kappa shape index (κ2) is 4.69. The zero-order valence-corrected chi connectivity index (χ0v) is 10.7. The van der Waals surface area contributed by atoms with Gasteiger partial charge in [-0.05, 0) is 49.8 Å². The van der Waals surface area contributed by atoms with Gasteiger partial charge in [-0.2, -0.15) is 0 Å². The van der Waals surface area contributed by atoms with E-state index in [9.17, 15) is 0 Å². The lowest BCUT2D eigenvalue weighted by Gasteiger charge is -2.26. The van der Waals surface area contributed by atoms with Gasteiger partial charge < -0.3 is 5.32 Å². The van der Waals surface area contributed by atoms with E-state index in [1.807, 2.05) is 0 Å². The molecule has 1 aromatic carbocycles. The van der Waals surface area contributed by atoms with Gasteiger partial charge in [0, 0.05) is 31.4 Å². The second-order valence-electron chi connectivity index (χ2n) is 5.62. The van der Waals surface area contributed by atoms with Crippen LogP contribution < -0.4 is 5.32 Å². The molecule has 3 rings (SSSR count). The van der Waals surface area contributed by atoms with Crippen LogP contribution in [0, 0.1) is 12.8 Å². The zero-order valence-electron chi connectivity index (χ0n) is 10.7. The van der Waals surface area contributed by atoms with Crippen LogP contribution in [-0.2, 0) is 0 Å². The molecule has 2 atom stereocenters. The summed E-state index contributed by atoms with van der Waals surface area (Å²) in [6, 6.07) is 9.54. The summed E-state index contributed by atoms with van der Waals surface area (Å²) in [4.78, 5) is 2.68. The number of fused-ring (bicyclic) bond motifs is 2. The Morgan fingerprint density at radius 2 is 2.29 bits per heavy atom. The Kier molecular flexibility index (Phi) is 3.06. The summed E-state index contributed by atoms with van der Waals surface area (Å²) in [6.07, 6.45) is 4.38. The highest BCUT2D eigenvalue weighted by molar-refractivity contribution is 5.45. The van der Waals surface area contributed by atoms with Gasteiger partial charge in [-0.1, -0.05) is 12.1 Å². The normalized spacial score (nSPS) is 27.6. The van der Waals surface area contributed by atoms with Gasteiger partial charge >= 0.3 is 0 Å². The first-order valence-corrected chi connectivity index (χ1v) is 6.86. The number of piperidine rings is 1. The molecule has 1 saturated heterocycles. The van der Waals surface area contributed by atoms with E-state index in [1.165, 1.54) is 43.6 Å². The van der Waals surface area contributed by atoms with Crippen LogP contribution in [0.2, 0.25) is 0 Å². The largest absolute Gasteiger partial charge is 0.384 e. The third-order valence-electron chi connectivity index (χ3n) is 4.27. The van der Waals surface area contributed by atoms with Crippen LogP contribution in [0.15, 0.2) is 24.3 Å². The molecule has 92 valence electrons. The first-order chi connectivity index (χ1) is 8.31. The summed E-state index contributed by atoms with van der Waals surface area (Å²) < 4.78 is 0. The highest BCUT2D eigenvalue weighted by atomic mass is 15.2. The molecule has 17 heavy (non-hydrogen) atoms. The average Bonchev–Trinajstić information content (AvgIpc) is 2.91. The van der Waals surface area contributed by atoms with Gasteiger partial charge in [0.2, 0.25) is 0 Å². The lowest BCUT2D eigenvalue weighted by atomic mass is 10.1. The number of likely N-dealkylation sites (tertiary alicyclic amines) is 1. The Bertz CT molecular complexity index is 388. The van der Waals surface area contributed by atoms with E-state index in [2.05, 4.69) is 41.4 Å². The maximum atomic E-state index is 3.53. The molecular weight excluding hydrogens is 208 g/mol. The molecule has 2 unspecified atom stereocenters. The topological polar surface area (TPSA) is 15.3 Å². The molecule has 2 nitrogen and oxygen atoms in total. The maximum absolute atomic E-state index is 3.53. The van der Waals surface area contributed by atoms with Crippen LogP contribution in [0.25, 0.3) is 0 Å². The van der Waals surface area contributed by atoms with Gasteiger partial charge in [0.15, 0.2) is 0 Å². The van der Waals surface area contributed by atoms with E-state index >= 15 is 0 Å². The molecule has 1 saturated carbocycles. The predicted octanol–water partition coefficient (Wildman–Crippen LogP) is 2.89. The van der Waals surface area contributed by atoms with E-state index < -0.39 is 0 Å². The molecule has 1 heterocycles. The zero-order chi connectivity index (χ0) is 11.7. The molecule has 2 heteroatoms. The van der Waals surface area contributed by atoms with Crippen molar-refractivity contribution >= 4 is 5.69 Å². The second-order valence-corrected chi connectivity index (χ2v) is 5.62. The minimum absolute atomic E-state index is 0.902. The molecule has 2 aliphatic rings. The first-order valence-electron chi connectivity index (χ1n) is 6.86. The lowest BCUT2D eigenvalue weighted by Crippen LogP contribution is -2.35. The summed E-state index contributed by atoms with van der Waals surface area (Å²) in [6.45, 7) is 5.77. The van der Waals surface area contributed by atoms with Crippen molar-refractivity contribution < 1.29 is 0 Å². The maximum Gasteiger partial charge on any atom is 0.0343 e. The Hall–Kier alpha value is -1.02. The van der Waals surface area contributed by atoms with Crippen molar-refractivity contribution in [3.8, 4) is 0 Å². The van der Waals surface area contributed by atoms with Crippen molar-refractivity contribution in [1.82, 2.24) is 4.90 Å². The van der Waals surface area contributed by atoms with Crippen molar-refractivity contribution in [2.45, 2.75) is 32.2 Å². The Balaban J connectivity index is 1.46. The summed E-state index contributed by atoms with van der Waals surface area (Å²) in [5, 5.41) is 3.53. The van der Waals surface area contributed by atoms with Crippen LogP contribution in [0.5, 0.6) is 0 Å². The van der Waals surface area contributed by atoms with Gasteiger partial charge in [0.1, 0.15) is 0 Å². The molecule has 1 N–H and O–H groups in total. The number of hydrogen-bond acceptors (Lipinski definition) is 2. The number of aryl methyl sites for hydroxylation is 1. The van der Waals surface area contributed by atoms with Gasteiger partial charge in [-0.3, -0.25) is 4.90 Å². The fourth-order valence-electron chi connectivity index (χ4n) is 3.40. The van der Waals surface area contributed by atoms with Crippen LogP contribution in [0.4, 0.5) is 5.69 Å². The van der Waals surface area contributed by atoms with Crippen molar-refractivity contribution in [1.29, 1.82) is 0 Å². The Labute approximate surface area is 104 Å². The van der Waals surface area contributed by atoms with Gasteiger partial charge in [0.25, 0.3) is 0 Å². The Morgan fingerprint density at radius 3 is 3.00 bits per heavy atom. The minimum atomic E-state index is 0.902. The number of nitrogens with zero attached hydrogens (tertiary/aromatic N) is 1. The predicted molar refractivity (Wildman–Crippen MR) is 72.4 cm³/mol. The fraction of sp³-hybridized carbons (Fsp3) is 0.600. The molecule has 0 radical (unpaired) electrons. The summed E-state index contributed by atoms with van der Waals surface area (Å²) in [5.41, 5.74) is 2.59. The standard InChI is InChI=1S/C15H22N2/c1-12-3-2-4-14(9-12)16-7-8-17-11-13-5-6-15(17)10-13/h2-4,9,13,15-16H,5-8,10-11H2,1H3. The average molecular weight is 230 g/mol. The van der Waals surface area contributed by atoms with Crippen LogP contribution in [-0.4, -0.2) is 30.6 Å². The monoisotopic (exact) mass is 230 g/mol. The van der Waals surface area contributed by atoms with Crippen LogP contribution in [0.3, 0.4) is 0 Å². The molecule has 2 bridgehead atoms. The molecule has 2 fully saturated rings. The lowest BCUT2D eigenvalue weighted by molar-refractivity contribution is 0.221. The molecule has 0 aromatic heterocycles. The number of rotatable bonds is 4. The van der Waals surface area contributed by atoms with Gasteiger partial charge in [0.05, 0.1) is 0 Å². The molecular formula is C15H22N2. The summed E-state index contributed by atoms with van der Waals surface area (Å²) in [7, 11) is 0. The SMILES string of the molecule is Cc1cccc(NCCN2CC3CCC2C3)c1. The first kappa shape index (κ1) is 11.1. The van der Waals surface area contributed by atoms with Crippen LogP contribution >= 0.6 is 0 Å². The summed E-state index contributed by atoms with van der Waals surface area (Å²) >= 11 is 0. The van der Waals surface area contributed by atoms with E-state index in [1.54, 1.807) is 0 Å². The van der Waals surface area contributed by atoms with Gasteiger partial charge in [-0.15, -0.1) is 0 Å². The van der Waals surface area contributed by atoms with Crippen LogP contribution in [0.1, 0.15) is 24.8 Å².